The van der Waals surface area contributed by atoms with Crippen LogP contribution in [0.2, 0.25) is 0 Å². The molecule has 0 saturated carbocycles. The Labute approximate surface area is 128 Å². The van der Waals surface area contributed by atoms with Gasteiger partial charge >= 0.3 is 6.03 Å². The van der Waals surface area contributed by atoms with Gasteiger partial charge in [0.2, 0.25) is 0 Å². The molecule has 22 heavy (non-hydrogen) atoms. The Morgan fingerprint density at radius 3 is 2.95 bits per heavy atom. The van der Waals surface area contributed by atoms with Crippen molar-refractivity contribution in [2.75, 3.05) is 33.4 Å². The smallest absolute Gasteiger partial charge is 0.314 e. The van der Waals surface area contributed by atoms with Gasteiger partial charge in [0.05, 0.1) is 19.3 Å². The summed E-state index contributed by atoms with van der Waals surface area (Å²) in [7, 11) is 1.53. The largest absolute Gasteiger partial charge is 0.378 e. The van der Waals surface area contributed by atoms with Crippen LogP contribution < -0.4 is 10.6 Å². The predicted octanol–water partition coefficient (Wildman–Crippen LogP) is 1.40. The Balaban J connectivity index is 2.08. The van der Waals surface area contributed by atoms with E-state index < -0.39 is 11.6 Å². The fraction of sp³-hybridized carbons (Fsp3) is 0.533. The van der Waals surface area contributed by atoms with Crippen LogP contribution in [0.3, 0.4) is 0 Å². The number of hydrogen-bond acceptors (Lipinski definition) is 3. The van der Waals surface area contributed by atoms with Gasteiger partial charge in [0, 0.05) is 32.2 Å². The van der Waals surface area contributed by atoms with Crippen molar-refractivity contribution in [2.45, 2.75) is 19.5 Å². The molecule has 2 amide bonds. The highest BCUT2D eigenvalue weighted by Crippen LogP contribution is 2.20. The minimum absolute atomic E-state index is 0.0619. The normalized spacial score (nSPS) is 19.0. The topological polar surface area (TPSA) is 53.6 Å². The first-order valence-electron chi connectivity index (χ1n) is 7.23. The Morgan fingerprint density at radius 2 is 2.23 bits per heavy atom. The van der Waals surface area contributed by atoms with Crippen molar-refractivity contribution in [3.8, 4) is 0 Å². The van der Waals surface area contributed by atoms with Gasteiger partial charge in [-0.05, 0) is 18.6 Å². The molecule has 1 aliphatic heterocycles. The fourth-order valence-corrected chi connectivity index (χ4v) is 2.45. The number of halogens is 2. The second kappa shape index (κ2) is 7.51. The number of hydrogen-bond donors (Lipinski definition) is 2. The molecule has 0 aromatic heterocycles. The first-order chi connectivity index (χ1) is 10.5. The lowest BCUT2D eigenvalue weighted by Gasteiger charge is -2.35. The number of carbonyl (C=O) groups excluding carboxylic acids is 1. The Kier molecular flexibility index (Phi) is 5.68. The molecule has 5 nitrogen and oxygen atoms in total. The van der Waals surface area contributed by atoms with Crippen LogP contribution in [0, 0.1) is 18.6 Å². The van der Waals surface area contributed by atoms with E-state index in [1.807, 2.05) is 4.90 Å². The molecule has 0 spiro atoms. The zero-order valence-electron chi connectivity index (χ0n) is 12.8. The lowest BCUT2D eigenvalue weighted by Crippen LogP contribution is -2.51. The van der Waals surface area contributed by atoms with Crippen LogP contribution in [0.5, 0.6) is 0 Å². The molecule has 2 N–H and O–H groups in total. The standard InChI is InChI=1S/C15H21F2N3O2/c1-10-3-4-13(16)12(14(10)17)8-20-5-6-22-9-11(20)7-19-15(21)18-2/h3-4,11H,5-9H2,1-2H3,(H2,18,19,21). The molecular formula is C15H21F2N3O2. The van der Waals surface area contributed by atoms with Crippen molar-refractivity contribution >= 4 is 6.03 Å². The van der Waals surface area contributed by atoms with E-state index in [0.717, 1.165) is 0 Å². The number of carbonyl (C=O) groups is 1. The third-order valence-electron chi connectivity index (χ3n) is 3.82. The van der Waals surface area contributed by atoms with Crippen molar-refractivity contribution in [3.63, 3.8) is 0 Å². The highest BCUT2D eigenvalue weighted by Gasteiger charge is 2.25. The molecule has 1 atom stereocenters. The van der Waals surface area contributed by atoms with Crippen LogP contribution >= 0.6 is 0 Å². The average molecular weight is 313 g/mol. The van der Waals surface area contributed by atoms with E-state index in [9.17, 15) is 13.6 Å². The summed E-state index contributed by atoms with van der Waals surface area (Å²) >= 11 is 0. The molecule has 2 rings (SSSR count). The first kappa shape index (κ1) is 16.6. The first-order valence-corrected chi connectivity index (χ1v) is 7.23. The van der Waals surface area contributed by atoms with Gasteiger partial charge in [-0.1, -0.05) is 6.07 Å². The summed E-state index contributed by atoms with van der Waals surface area (Å²) in [5.74, 6) is -1.06. The Bertz CT molecular complexity index is 540. The predicted molar refractivity (Wildman–Crippen MR) is 78.6 cm³/mol. The van der Waals surface area contributed by atoms with Crippen LogP contribution in [-0.4, -0.2) is 50.3 Å². The van der Waals surface area contributed by atoms with E-state index in [1.165, 1.54) is 19.2 Å². The molecule has 1 unspecified atom stereocenters. The highest BCUT2D eigenvalue weighted by molar-refractivity contribution is 5.73. The molecule has 1 fully saturated rings. The van der Waals surface area contributed by atoms with Crippen LogP contribution in [-0.2, 0) is 11.3 Å². The van der Waals surface area contributed by atoms with E-state index in [4.69, 9.17) is 4.74 Å². The zero-order valence-corrected chi connectivity index (χ0v) is 12.8. The number of aryl methyl sites for hydroxylation is 1. The summed E-state index contributed by atoms with van der Waals surface area (Å²) in [5, 5.41) is 5.16. The van der Waals surface area contributed by atoms with Crippen molar-refractivity contribution in [3.05, 3.63) is 34.9 Å². The number of amides is 2. The minimum Gasteiger partial charge on any atom is -0.378 e. The SMILES string of the molecule is CNC(=O)NCC1COCCN1Cc1c(F)ccc(C)c1F. The molecule has 0 bridgehead atoms. The van der Waals surface area contributed by atoms with Gasteiger partial charge in [-0.3, -0.25) is 4.90 Å². The van der Waals surface area contributed by atoms with Crippen LogP contribution in [0.1, 0.15) is 11.1 Å². The number of morpholine rings is 1. The lowest BCUT2D eigenvalue weighted by molar-refractivity contribution is -0.0108. The summed E-state index contributed by atoms with van der Waals surface area (Å²) < 4.78 is 33.4. The van der Waals surface area contributed by atoms with Crippen molar-refractivity contribution in [1.29, 1.82) is 0 Å². The maximum Gasteiger partial charge on any atom is 0.314 e. The van der Waals surface area contributed by atoms with Gasteiger partial charge in [0.25, 0.3) is 0 Å². The van der Waals surface area contributed by atoms with Gasteiger partial charge in [-0.15, -0.1) is 0 Å². The minimum atomic E-state index is -0.549. The van der Waals surface area contributed by atoms with E-state index in [0.29, 0.717) is 31.9 Å². The second-order valence-electron chi connectivity index (χ2n) is 5.32. The summed E-state index contributed by atoms with van der Waals surface area (Å²) in [6.45, 7) is 3.61. The Morgan fingerprint density at radius 1 is 1.45 bits per heavy atom. The molecule has 122 valence electrons. The number of nitrogens with zero attached hydrogens (tertiary/aromatic N) is 1. The molecular weight excluding hydrogens is 292 g/mol. The maximum atomic E-state index is 14.1. The molecule has 1 saturated heterocycles. The van der Waals surface area contributed by atoms with Gasteiger partial charge < -0.3 is 15.4 Å². The summed E-state index contributed by atoms with van der Waals surface area (Å²) in [6, 6.07) is 2.30. The van der Waals surface area contributed by atoms with Crippen LogP contribution in [0.15, 0.2) is 12.1 Å². The monoisotopic (exact) mass is 313 g/mol. The quantitative estimate of drug-likeness (QED) is 0.883. The molecule has 0 aliphatic carbocycles. The van der Waals surface area contributed by atoms with Crippen LogP contribution in [0.25, 0.3) is 0 Å². The van der Waals surface area contributed by atoms with Gasteiger partial charge in [0.15, 0.2) is 0 Å². The lowest BCUT2D eigenvalue weighted by atomic mass is 10.1. The van der Waals surface area contributed by atoms with Gasteiger partial charge in [0.1, 0.15) is 11.6 Å². The van der Waals surface area contributed by atoms with E-state index >= 15 is 0 Å². The highest BCUT2D eigenvalue weighted by atomic mass is 19.1. The molecule has 1 heterocycles. The third-order valence-corrected chi connectivity index (χ3v) is 3.82. The molecule has 1 aromatic carbocycles. The number of benzene rings is 1. The third kappa shape index (κ3) is 3.92. The van der Waals surface area contributed by atoms with Gasteiger partial charge in [-0.25, -0.2) is 13.6 Å². The van der Waals surface area contributed by atoms with Crippen molar-refractivity contribution in [1.82, 2.24) is 15.5 Å². The van der Waals surface area contributed by atoms with E-state index in [2.05, 4.69) is 10.6 Å². The van der Waals surface area contributed by atoms with Gasteiger partial charge in [-0.2, -0.15) is 0 Å². The molecule has 1 aliphatic rings. The summed E-state index contributed by atoms with van der Waals surface area (Å²) in [4.78, 5) is 13.2. The second-order valence-corrected chi connectivity index (χ2v) is 5.32. The Hall–Kier alpha value is -1.73. The average Bonchev–Trinajstić information content (AvgIpc) is 2.53. The molecule has 1 aromatic rings. The summed E-state index contributed by atoms with van der Waals surface area (Å²) in [6.07, 6.45) is 0. The van der Waals surface area contributed by atoms with Crippen molar-refractivity contribution in [2.24, 2.45) is 0 Å². The number of rotatable bonds is 4. The molecule has 7 heteroatoms. The number of ether oxygens (including phenoxy) is 1. The number of nitrogens with one attached hydrogen (secondary N) is 2. The fourth-order valence-electron chi connectivity index (χ4n) is 2.45. The maximum absolute atomic E-state index is 14.1. The van der Waals surface area contributed by atoms with Crippen molar-refractivity contribution < 1.29 is 18.3 Å². The van der Waals surface area contributed by atoms with E-state index in [1.54, 1.807) is 6.92 Å². The molecule has 0 radical (unpaired) electrons. The number of urea groups is 1. The van der Waals surface area contributed by atoms with Crippen LogP contribution in [0.4, 0.5) is 13.6 Å². The zero-order chi connectivity index (χ0) is 16.1. The van der Waals surface area contributed by atoms with E-state index in [-0.39, 0.29) is 24.2 Å². The summed E-state index contributed by atoms with van der Waals surface area (Å²) in [5.41, 5.74) is 0.483.